The number of amides is 1. The summed E-state index contributed by atoms with van der Waals surface area (Å²) in [5, 5.41) is 7.34. The van der Waals surface area contributed by atoms with Gasteiger partial charge in [-0.05, 0) is 58.2 Å². The Balaban J connectivity index is 1.61. The summed E-state index contributed by atoms with van der Waals surface area (Å²) in [7, 11) is -3.69. The Morgan fingerprint density at radius 1 is 1.17 bits per heavy atom. The van der Waals surface area contributed by atoms with Gasteiger partial charge in [-0.1, -0.05) is 24.1 Å². The van der Waals surface area contributed by atoms with Gasteiger partial charge in [0.15, 0.2) is 0 Å². The molecule has 1 aliphatic rings. The number of piperidine rings is 1. The third-order valence-corrected chi connectivity index (χ3v) is 7.26. The van der Waals surface area contributed by atoms with Crippen LogP contribution in [0, 0.1) is 20.8 Å². The van der Waals surface area contributed by atoms with Gasteiger partial charge in [0, 0.05) is 25.3 Å². The van der Waals surface area contributed by atoms with Crippen molar-refractivity contribution in [3.05, 3.63) is 47.3 Å². The number of hydrogen-bond acceptors (Lipinski definition) is 4. The maximum atomic E-state index is 13.1. The molecule has 8 heteroatoms. The van der Waals surface area contributed by atoms with Gasteiger partial charge in [0.2, 0.25) is 15.9 Å². The number of hydrogen-bond donors (Lipinski definition) is 1. The average Bonchev–Trinajstić information content (AvgIpc) is 3.02. The number of nitrogens with zero attached hydrogens (tertiary/aromatic N) is 3. The number of rotatable bonds is 7. The lowest BCUT2D eigenvalue weighted by molar-refractivity contribution is -0.125. The Morgan fingerprint density at radius 2 is 1.90 bits per heavy atom. The zero-order valence-electron chi connectivity index (χ0n) is 17.4. The second-order valence-corrected chi connectivity index (χ2v) is 9.63. The molecule has 0 saturated carbocycles. The molecule has 2 aromatic rings. The summed E-state index contributed by atoms with van der Waals surface area (Å²) in [4.78, 5) is 13.0. The maximum absolute atomic E-state index is 13.1. The van der Waals surface area contributed by atoms with Crippen LogP contribution in [0.25, 0.3) is 0 Å². The Kier molecular flexibility index (Phi) is 6.74. The number of sulfonamides is 1. The Labute approximate surface area is 173 Å². The summed E-state index contributed by atoms with van der Waals surface area (Å²) in [6.07, 6.45) is 2.91. The second-order valence-electron chi connectivity index (χ2n) is 7.74. The van der Waals surface area contributed by atoms with Gasteiger partial charge in [-0.15, -0.1) is 0 Å². The molecule has 29 heavy (non-hydrogen) atoms. The van der Waals surface area contributed by atoms with E-state index in [0.29, 0.717) is 19.5 Å². The van der Waals surface area contributed by atoms with E-state index in [-0.39, 0.29) is 10.8 Å². The molecule has 1 aromatic heterocycles. The van der Waals surface area contributed by atoms with E-state index in [1.54, 1.807) is 24.3 Å². The Morgan fingerprint density at radius 3 is 2.55 bits per heavy atom. The van der Waals surface area contributed by atoms with Gasteiger partial charge in [0.25, 0.3) is 0 Å². The first kappa shape index (κ1) is 21.5. The summed E-state index contributed by atoms with van der Waals surface area (Å²) in [5.74, 6) is -0.214. The van der Waals surface area contributed by atoms with E-state index in [1.165, 1.54) is 4.31 Å². The minimum absolute atomic E-state index is 0.214. The van der Waals surface area contributed by atoms with Crippen molar-refractivity contribution in [2.75, 3.05) is 13.1 Å². The first-order chi connectivity index (χ1) is 13.8. The van der Waals surface area contributed by atoms with E-state index in [4.69, 9.17) is 0 Å². The second kappa shape index (κ2) is 9.09. The highest BCUT2D eigenvalue weighted by atomic mass is 32.2. The van der Waals surface area contributed by atoms with E-state index in [2.05, 4.69) is 10.4 Å². The normalized spacial score (nSPS) is 18.0. The minimum atomic E-state index is -3.69. The number of nitrogens with one attached hydrogen (secondary N) is 1. The lowest BCUT2D eigenvalue weighted by atomic mass is 10.0. The highest BCUT2D eigenvalue weighted by Gasteiger charge is 2.37. The molecule has 1 amide bonds. The van der Waals surface area contributed by atoms with Crippen LogP contribution >= 0.6 is 0 Å². The monoisotopic (exact) mass is 418 g/mol. The summed E-state index contributed by atoms with van der Waals surface area (Å²) >= 11 is 0. The SMILES string of the molecule is Cc1ccc(S(=O)(=O)N2CCCC[C@@H]2C(=O)NCCCn2nc(C)cc2C)cc1. The molecule has 1 atom stereocenters. The van der Waals surface area contributed by atoms with Crippen LogP contribution in [-0.4, -0.2) is 47.5 Å². The van der Waals surface area contributed by atoms with E-state index in [1.807, 2.05) is 31.5 Å². The highest BCUT2D eigenvalue weighted by molar-refractivity contribution is 7.89. The van der Waals surface area contributed by atoms with Crippen molar-refractivity contribution in [2.24, 2.45) is 0 Å². The molecule has 158 valence electrons. The van der Waals surface area contributed by atoms with Gasteiger partial charge in [-0.2, -0.15) is 9.40 Å². The minimum Gasteiger partial charge on any atom is -0.355 e. The predicted octanol–water partition coefficient (Wildman–Crippen LogP) is 2.56. The lowest BCUT2D eigenvalue weighted by Gasteiger charge is -2.33. The molecule has 0 aliphatic carbocycles. The molecular formula is C21H30N4O3S. The Hall–Kier alpha value is -2.19. The fraction of sp³-hybridized carbons (Fsp3) is 0.524. The zero-order chi connectivity index (χ0) is 21.0. The smallest absolute Gasteiger partial charge is 0.243 e. The summed E-state index contributed by atoms with van der Waals surface area (Å²) in [6, 6.07) is 8.17. The van der Waals surface area contributed by atoms with Gasteiger partial charge >= 0.3 is 0 Å². The molecule has 1 saturated heterocycles. The predicted molar refractivity (Wildman–Crippen MR) is 112 cm³/mol. The van der Waals surface area contributed by atoms with Crippen molar-refractivity contribution in [1.29, 1.82) is 0 Å². The van der Waals surface area contributed by atoms with Crippen LogP contribution in [0.5, 0.6) is 0 Å². The van der Waals surface area contributed by atoms with Gasteiger partial charge in [-0.25, -0.2) is 8.42 Å². The van der Waals surface area contributed by atoms with Gasteiger partial charge in [0.1, 0.15) is 6.04 Å². The fourth-order valence-corrected chi connectivity index (χ4v) is 5.42. The maximum Gasteiger partial charge on any atom is 0.243 e. The number of aromatic nitrogens is 2. The van der Waals surface area contributed by atoms with Crippen molar-refractivity contribution in [3.8, 4) is 0 Å². The standard InChI is InChI=1S/C21H30N4O3S/c1-16-8-10-19(11-9-16)29(27,28)25-14-5-4-7-20(25)21(26)22-12-6-13-24-18(3)15-17(2)23-24/h8-11,15,20H,4-7,12-14H2,1-3H3,(H,22,26)/t20-/m1/s1. The van der Waals surface area contributed by atoms with Crippen molar-refractivity contribution < 1.29 is 13.2 Å². The van der Waals surface area contributed by atoms with E-state index in [9.17, 15) is 13.2 Å². The van der Waals surface area contributed by atoms with Crippen molar-refractivity contribution in [3.63, 3.8) is 0 Å². The van der Waals surface area contributed by atoms with Crippen LogP contribution in [0.4, 0.5) is 0 Å². The van der Waals surface area contributed by atoms with Crippen molar-refractivity contribution >= 4 is 15.9 Å². The molecule has 0 spiro atoms. The van der Waals surface area contributed by atoms with Gasteiger partial charge < -0.3 is 5.32 Å². The van der Waals surface area contributed by atoms with Crippen molar-refractivity contribution in [2.45, 2.75) is 63.9 Å². The molecule has 1 aliphatic heterocycles. The van der Waals surface area contributed by atoms with Crippen LogP contribution < -0.4 is 5.32 Å². The summed E-state index contributed by atoms with van der Waals surface area (Å²) in [6.45, 7) is 7.47. The summed E-state index contributed by atoms with van der Waals surface area (Å²) in [5.41, 5.74) is 3.07. The number of carbonyl (C=O) groups excluding carboxylic acids is 1. The molecule has 0 radical (unpaired) electrons. The first-order valence-electron chi connectivity index (χ1n) is 10.2. The van der Waals surface area contributed by atoms with Crippen LogP contribution in [0.2, 0.25) is 0 Å². The fourth-order valence-electron chi connectivity index (χ4n) is 3.76. The Bertz CT molecular complexity index is 951. The largest absolute Gasteiger partial charge is 0.355 e. The van der Waals surface area contributed by atoms with Crippen LogP contribution in [0.3, 0.4) is 0 Å². The lowest BCUT2D eigenvalue weighted by Crippen LogP contribution is -2.51. The molecule has 2 heterocycles. The van der Waals surface area contributed by atoms with E-state index >= 15 is 0 Å². The third-order valence-electron chi connectivity index (χ3n) is 5.33. The van der Waals surface area contributed by atoms with Crippen LogP contribution in [0.15, 0.2) is 35.2 Å². The van der Waals surface area contributed by atoms with Crippen molar-refractivity contribution in [1.82, 2.24) is 19.4 Å². The van der Waals surface area contributed by atoms with Gasteiger partial charge in [-0.3, -0.25) is 9.48 Å². The molecule has 0 bridgehead atoms. The topological polar surface area (TPSA) is 84.3 Å². The highest BCUT2D eigenvalue weighted by Crippen LogP contribution is 2.25. The quantitative estimate of drug-likeness (QED) is 0.701. The van der Waals surface area contributed by atoms with E-state index in [0.717, 1.165) is 42.8 Å². The molecule has 1 N–H and O–H groups in total. The number of benzene rings is 1. The number of aryl methyl sites for hydroxylation is 4. The summed E-state index contributed by atoms with van der Waals surface area (Å²) < 4.78 is 29.5. The molecular weight excluding hydrogens is 388 g/mol. The van der Waals surface area contributed by atoms with Crippen LogP contribution in [-0.2, 0) is 21.4 Å². The number of carbonyl (C=O) groups is 1. The molecule has 3 rings (SSSR count). The first-order valence-corrected chi connectivity index (χ1v) is 11.6. The average molecular weight is 419 g/mol. The molecule has 1 aromatic carbocycles. The van der Waals surface area contributed by atoms with Gasteiger partial charge in [0.05, 0.1) is 10.6 Å². The van der Waals surface area contributed by atoms with Crippen LogP contribution in [0.1, 0.15) is 42.6 Å². The van der Waals surface area contributed by atoms with E-state index < -0.39 is 16.1 Å². The molecule has 1 fully saturated rings. The zero-order valence-corrected chi connectivity index (χ0v) is 18.2. The molecule has 7 nitrogen and oxygen atoms in total. The molecule has 0 unspecified atom stereocenters. The third kappa shape index (κ3) is 5.05.